The molecule has 0 bridgehead atoms. The van der Waals surface area contributed by atoms with Crippen molar-refractivity contribution in [3.8, 4) is 0 Å². The molecule has 0 aliphatic carbocycles. The maximum absolute atomic E-state index is 13.4. The zero-order valence-electron chi connectivity index (χ0n) is 10.7. The molecule has 0 saturated carbocycles. The van der Waals surface area contributed by atoms with E-state index in [0.717, 1.165) is 24.8 Å². The lowest BCUT2D eigenvalue weighted by Crippen LogP contribution is -2.39. The summed E-state index contributed by atoms with van der Waals surface area (Å²) in [5.74, 6) is -0.357. The van der Waals surface area contributed by atoms with E-state index in [1.54, 1.807) is 6.07 Å². The van der Waals surface area contributed by atoms with E-state index >= 15 is 0 Å². The van der Waals surface area contributed by atoms with Crippen LogP contribution in [-0.4, -0.2) is 25.3 Å². The molecule has 18 heavy (non-hydrogen) atoms. The Bertz CT molecular complexity index is 413. The molecule has 3 unspecified atom stereocenters. The van der Waals surface area contributed by atoms with Crippen LogP contribution in [0.25, 0.3) is 0 Å². The van der Waals surface area contributed by atoms with Gasteiger partial charge in [-0.05, 0) is 50.9 Å². The number of likely N-dealkylation sites (N-methyl/N-ethyl adjacent to an activating group) is 1. The van der Waals surface area contributed by atoms with Gasteiger partial charge in [0.15, 0.2) is 0 Å². The van der Waals surface area contributed by atoms with Gasteiger partial charge < -0.3 is 10.1 Å². The standard InChI is InChI=1S/C14H19ClFNO/c1-9-3-6-14(18-9)13(17-2)8-10-4-5-11(15)12(16)7-10/h4-5,7,9,13-14,17H,3,6,8H2,1-2H3. The summed E-state index contributed by atoms with van der Waals surface area (Å²) in [7, 11) is 1.92. The zero-order valence-corrected chi connectivity index (χ0v) is 11.5. The first-order valence-electron chi connectivity index (χ1n) is 6.37. The fraction of sp³-hybridized carbons (Fsp3) is 0.571. The SMILES string of the molecule is CNC(Cc1ccc(Cl)c(F)c1)C1CCC(C)O1. The molecule has 1 heterocycles. The summed E-state index contributed by atoms with van der Waals surface area (Å²) < 4.78 is 19.2. The van der Waals surface area contributed by atoms with E-state index in [9.17, 15) is 4.39 Å². The summed E-state index contributed by atoms with van der Waals surface area (Å²) in [6, 6.07) is 5.20. The normalized spacial score (nSPS) is 25.3. The van der Waals surface area contributed by atoms with E-state index in [1.807, 2.05) is 13.1 Å². The van der Waals surface area contributed by atoms with E-state index in [-0.39, 0.29) is 23.0 Å². The van der Waals surface area contributed by atoms with Crippen molar-refractivity contribution >= 4 is 11.6 Å². The van der Waals surface area contributed by atoms with Gasteiger partial charge in [-0.1, -0.05) is 17.7 Å². The molecule has 1 aromatic carbocycles. The summed E-state index contributed by atoms with van der Waals surface area (Å²) in [6.45, 7) is 2.09. The van der Waals surface area contributed by atoms with Crippen LogP contribution >= 0.6 is 11.6 Å². The topological polar surface area (TPSA) is 21.3 Å². The van der Waals surface area contributed by atoms with Gasteiger partial charge in [0.2, 0.25) is 0 Å². The summed E-state index contributed by atoms with van der Waals surface area (Å²) in [4.78, 5) is 0. The number of benzene rings is 1. The average molecular weight is 272 g/mol. The number of nitrogens with one attached hydrogen (secondary N) is 1. The molecular weight excluding hydrogens is 253 g/mol. The lowest BCUT2D eigenvalue weighted by atomic mass is 9.99. The summed E-state index contributed by atoms with van der Waals surface area (Å²) in [5, 5.41) is 3.44. The smallest absolute Gasteiger partial charge is 0.142 e. The van der Waals surface area contributed by atoms with E-state index in [0.29, 0.717) is 6.10 Å². The van der Waals surface area contributed by atoms with Crippen molar-refractivity contribution in [2.75, 3.05) is 7.05 Å². The largest absolute Gasteiger partial charge is 0.374 e. The van der Waals surface area contributed by atoms with Crippen LogP contribution in [0.3, 0.4) is 0 Å². The van der Waals surface area contributed by atoms with Crippen LogP contribution in [0, 0.1) is 5.82 Å². The Morgan fingerprint density at radius 2 is 2.28 bits per heavy atom. The van der Waals surface area contributed by atoms with Crippen LogP contribution in [0.2, 0.25) is 5.02 Å². The number of hydrogen-bond acceptors (Lipinski definition) is 2. The van der Waals surface area contributed by atoms with Crippen LogP contribution in [-0.2, 0) is 11.2 Å². The monoisotopic (exact) mass is 271 g/mol. The molecule has 1 aromatic rings. The molecule has 0 spiro atoms. The highest BCUT2D eigenvalue weighted by atomic mass is 35.5. The molecule has 1 N–H and O–H groups in total. The van der Waals surface area contributed by atoms with Crippen molar-refractivity contribution in [2.24, 2.45) is 0 Å². The van der Waals surface area contributed by atoms with Crippen molar-refractivity contribution in [2.45, 2.75) is 44.4 Å². The predicted octanol–water partition coefficient (Wildman–Crippen LogP) is 3.18. The van der Waals surface area contributed by atoms with Crippen molar-refractivity contribution in [1.29, 1.82) is 0 Å². The van der Waals surface area contributed by atoms with Gasteiger partial charge in [0.1, 0.15) is 5.82 Å². The second-order valence-electron chi connectivity index (χ2n) is 4.91. The molecule has 1 fully saturated rings. The molecular formula is C14H19ClFNO. The second-order valence-corrected chi connectivity index (χ2v) is 5.32. The Balaban J connectivity index is 2.03. The molecule has 1 saturated heterocycles. The lowest BCUT2D eigenvalue weighted by molar-refractivity contribution is 0.0337. The zero-order chi connectivity index (χ0) is 13.1. The highest BCUT2D eigenvalue weighted by Gasteiger charge is 2.28. The molecule has 2 rings (SSSR count). The Morgan fingerprint density at radius 1 is 1.50 bits per heavy atom. The Morgan fingerprint density at radius 3 is 2.83 bits per heavy atom. The van der Waals surface area contributed by atoms with Crippen molar-refractivity contribution in [3.05, 3.63) is 34.6 Å². The maximum atomic E-state index is 13.4. The molecule has 3 atom stereocenters. The molecule has 100 valence electrons. The van der Waals surface area contributed by atoms with Crippen molar-refractivity contribution in [1.82, 2.24) is 5.32 Å². The number of hydrogen-bond donors (Lipinski definition) is 1. The van der Waals surface area contributed by atoms with Crippen LogP contribution in [0.4, 0.5) is 4.39 Å². The van der Waals surface area contributed by atoms with Gasteiger partial charge >= 0.3 is 0 Å². The minimum Gasteiger partial charge on any atom is -0.374 e. The highest BCUT2D eigenvalue weighted by molar-refractivity contribution is 6.30. The van der Waals surface area contributed by atoms with Gasteiger partial charge in [-0.3, -0.25) is 0 Å². The van der Waals surface area contributed by atoms with E-state index < -0.39 is 0 Å². The third-order valence-corrected chi connectivity index (χ3v) is 3.83. The first-order chi connectivity index (χ1) is 8.60. The lowest BCUT2D eigenvalue weighted by Gasteiger charge is -2.23. The summed E-state index contributed by atoms with van der Waals surface area (Å²) >= 11 is 5.68. The third-order valence-electron chi connectivity index (χ3n) is 3.52. The van der Waals surface area contributed by atoms with Crippen LogP contribution in [0.5, 0.6) is 0 Å². The molecule has 1 aliphatic heterocycles. The number of ether oxygens (including phenoxy) is 1. The van der Waals surface area contributed by atoms with Crippen molar-refractivity contribution < 1.29 is 9.13 Å². The highest BCUT2D eigenvalue weighted by Crippen LogP contribution is 2.24. The number of halogens is 2. The van der Waals surface area contributed by atoms with Gasteiger partial charge in [0.25, 0.3) is 0 Å². The van der Waals surface area contributed by atoms with Gasteiger partial charge in [-0.25, -0.2) is 4.39 Å². The minimum atomic E-state index is -0.357. The van der Waals surface area contributed by atoms with Gasteiger partial charge in [0, 0.05) is 6.04 Å². The van der Waals surface area contributed by atoms with E-state index in [1.165, 1.54) is 6.07 Å². The fourth-order valence-corrected chi connectivity index (χ4v) is 2.59. The molecule has 0 radical (unpaired) electrons. The van der Waals surface area contributed by atoms with Crippen LogP contribution in [0.1, 0.15) is 25.3 Å². The van der Waals surface area contributed by atoms with Gasteiger partial charge in [-0.15, -0.1) is 0 Å². The maximum Gasteiger partial charge on any atom is 0.142 e. The minimum absolute atomic E-state index is 0.172. The van der Waals surface area contributed by atoms with Crippen LogP contribution < -0.4 is 5.32 Å². The third kappa shape index (κ3) is 3.22. The first-order valence-corrected chi connectivity index (χ1v) is 6.74. The van der Waals surface area contributed by atoms with Crippen LogP contribution in [0.15, 0.2) is 18.2 Å². The van der Waals surface area contributed by atoms with E-state index in [4.69, 9.17) is 16.3 Å². The molecule has 4 heteroatoms. The number of rotatable bonds is 4. The second kappa shape index (κ2) is 6.00. The van der Waals surface area contributed by atoms with Gasteiger partial charge in [-0.2, -0.15) is 0 Å². The summed E-state index contributed by atoms with van der Waals surface area (Å²) in [5.41, 5.74) is 0.944. The molecule has 0 aromatic heterocycles. The Kier molecular flexibility index (Phi) is 4.60. The molecule has 1 aliphatic rings. The Labute approximate surface area is 112 Å². The fourth-order valence-electron chi connectivity index (χ4n) is 2.47. The van der Waals surface area contributed by atoms with Crippen molar-refractivity contribution in [3.63, 3.8) is 0 Å². The van der Waals surface area contributed by atoms with Gasteiger partial charge in [0.05, 0.1) is 17.2 Å². The first kappa shape index (κ1) is 13.8. The predicted molar refractivity (Wildman–Crippen MR) is 71.5 cm³/mol. The molecule has 2 nitrogen and oxygen atoms in total. The van der Waals surface area contributed by atoms with E-state index in [2.05, 4.69) is 12.2 Å². The quantitative estimate of drug-likeness (QED) is 0.908. The average Bonchev–Trinajstić information content (AvgIpc) is 2.77. The Hall–Kier alpha value is -0.640. The molecule has 0 amide bonds. The summed E-state index contributed by atoms with van der Waals surface area (Å²) in [6.07, 6.45) is 3.44.